The van der Waals surface area contributed by atoms with Crippen molar-refractivity contribution in [2.75, 3.05) is 106 Å². The molecule has 0 aromatic heterocycles. The zero-order valence-corrected chi connectivity index (χ0v) is 22.1. The fourth-order valence-electron chi connectivity index (χ4n) is 2.30. The summed E-state index contributed by atoms with van der Waals surface area (Å²) in [5.74, 6) is 0. The first kappa shape index (κ1) is 33.0. The Morgan fingerprint density at radius 3 is 1.24 bits per heavy atom. The molecule has 0 fully saturated rings. The average Bonchev–Trinajstić information content (AvgIpc) is 2.78. The third-order valence-corrected chi connectivity index (χ3v) is 4.15. The summed E-state index contributed by atoms with van der Waals surface area (Å²) in [6.07, 6.45) is 1.88. The number of likely N-dealkylation sites (N-methyl/N-ethyl adjacent to an activating group) is 1. The molecule has 0 aliphatic carbocycles. The molecule has 0 rings (SSSR count). The van der Waals surface area contributed by atoms with Crippen molar-refractivity contribution < 1.29 is 42.7 Å². The van der Waals surface area contributed by atoms with Crippen molar-refractivity contribution in [2.45, 2.75) is 46.1 Å². The summed E-state index contributed by atoms with van der Waals surface area (Å²) >= 11 is 0. The predicted molar refractivity (Wildman–Crippen MR) is 130 cm³/mol. The minimum Gasteiger partial charge on any atom is -0.444 e. The first-order chi connectivity index (χ1) is 16.4. The van der Waals surface area contributed by atoms with Crippen LogP contribution in [-0.4, -0.2) is 123 Å². The lowest BCUT2D eigenvalue weighted by molar-refractivity contribution is -0.0213. The largest absolute Gasteiger partial charge is 0.444 e. The first-order valence-electron chi connectivity index (χ1n) is 12.3. The molecule has 0 saturated carbocycles. The molecule has 0 aromatic carbocycles. The lowest BCUT2D eigenvalue weighted by atomic mass is 10.2. The van der Waals surface area contributed by atoms with Crippen LogP contribution in [0, 0.1) is 0 Å². The van der Waals surface area contributed by atoms with Gasteiger partial charge in [-0.1, -0.05) is 13.3 Å². The Hall–Kier alpha value is -1.01. The molecule has 0 bridgehead atoms. The van der Waals surface area contributed by atoms with Crippen molar-refractivity contribution in [3.8, 4) is 0 Å². The number of unbranched alkanes of at least 4 members (excludes halogenated alkanes) is 1. The van der Waals surface area contributed by atoms with Crippen molar-refractivity contribution in [1.29, 1.82) is 0 Å². The molecule has 0 radical (unpaired) electrons. The van der Waals surface area contributed by atoms with Crippen LogP contribution in [0.4, 0.5) is 4.79 Å². The van der Waals surface area contributed by atoms with Crippen molar-refractivity contribution in [2.24, 2.45) is 0 Å². The minimum absolute atomic E-state index is 0.356. The average molecular weight is 496 g/mol. The molecular formula is C24H49NO9. The number of rotatable bonds is 24. The second kappa shape index (κ2) is 23.7. The summed E-state index contributed by atoms with van der Waals surface area (Å²) in [4.78, 5) is 13.3. The van der Waals surface area contributed by atoms with Gasteiger partial charge in [0.2, 0.25) is 0 Å². The normalized spacial score (nSPS) is 11.7. The van der Waals surface area contributed by atoms with E-state index in [1.807, 2.05) is 20.8 Å². The van der Waals surface area contributed by atoms with Gasteiger partial charge >= 0.3 is 6.09 Å². The number of ether oxygens (including phenoxy) is 8. The topological polar surface area (TPSA) is 94.2 Å². The lowest BCUT2D eigenvalue weighted by Gasteiger charge is -2.24. The molecule has 0 aliphatic heterocycles. The van der Waals surface area contributed by atoms with Crippen molar-refractivity contribution in [1.82, 2.24) is 4.90 Å². The predicted octanol–water partition coefficient (Wildman–Crippen LogP) is 2.77. The fourth-order valence-corrected chi connectivity index (χ4v) is 2.30. The summed E-state index contributed by atoms with van der Waals surface area (Å²) in [7, 11) is 1.69. The highest BCUT2D eigenvalue weighted by Crippen LogP contribution is 2.08. The Kier molecular flexibility index (Phi) is 23.0. The van der Waals surface area contributed by atoms with Gasteiger partial charge in [-0.3, -0.25) is 0 Å². The van der Waals surface area contributed by atoms with Gasteiger partial charge in [0.05, 0.1) is 85.9 Å². The molecule has 204 valence electrons. The molecule has 0 heterocycles. The zero-order valence-electron chi connectivity index (χ0n) is 22.1. The summed E-state index contributed by atoms with van der Waals surface area (Å²) in [5.41, 5.74) is -0.498. The summed E-state index contributed by atoms with van der Waals surface area (Å²) in [6.45, 7) is 15.7. The van der Waals surface area contributed by atoms with E-state index in [1.165, 1.54) is 4.90 Å². The summed E-state index contributed by atoms with van der Waals surface area (Å²) < 4.78 is 43.3. The van der Waals surface area contributed by atoms with E-state index in [2.05, 4.69) is 6.92 Å². The highest BCUT2D eigenvalue weighted by molar-refractivity contribution is 5.67. The van der Waals surface area contributed by atoms with Crippen LogP contribution < -0.4 is 0 Å². The molecule has 10 nitrogen and oxygen atoms in total. The highest BCUT2D eigenvalue weighted by Gasteiger charge is 2.19. The highest BCUT2D eigenvalue weighted by atomic mass is 16.6. The van der Waals surface area contributed by atoms with Crippen LogP contribution in [0.1, 0.15) is 40.5 Å². The van der Waals surface area contributed by atoms with E-state index in [0.29, 0.717) is 92.4 Å². The van der Waals surface area contributed by atoms with Gasteiger partial charge in [0.1, 0.15) is 5.60 Å². The molecule has 0 atom stereocenters. The second-order valence-corrected chi connectivity index (χ2v) is 8.54. The number of amides is 1. The Balaban J connectivity index is 3.18. The van der Waals surface area contributed by atoms with Gasteiger partial charge in [0.15, 0.2) is 0 Å². The van der Waals surface area contributed by atoms with E-state index in [4.69, 9.17) is 37.9 Å². The number of carbonyl (C=O) groups is 1. The van der Waals surface area contributed by atoms with E-state index in [1.54, 1.807) is 7.05 Å². The number of hydrogen-bond donors (Lipinski definition) is 0. The van der Waals surface area contributed by atoms with Gasteiger partial charge in [-0.25, -0.2) is 4.79 Å². The fraction of sp³-hybridized carbons (Fsp3) is 0.958. The van der Waals surface area contributed by atoms with E-state index < -0.39 is 5.60 Å². The number of nitrogens with zero attached hydrogens (tertiary/aromatic N) is 1. The van der Waals surface area contributed by atoms with E-state index in [0.717, 1.165) is 19.4 Å². The van der Waals surface area contributed by atoms with Crippen LogP contribution in [0.25, 0.3) is 0 Å². The van der Waals surface area contributed by atoms with Gasteiger partial charge in [0.25, 0.3) is 0 Å². The molecule has 1 amide bonds. The monoisotopic (exact) mass is 495 g/mol. The molecule has 10 heteroatoms. The molecule has 0 unspecified atom stereocenters. The molecule has 0 saturated heterocycles. The Morgan fingerprint density at radius 1 is 0.588 bits per heavy atom. The van der Waals surface area contributed by atoms with Gasteiger partial charge in [0, 0.05) is 20.2 Å². The molecule has 0 N–H and O–H groups in total. The minimum atomic E-state index is -0.498. The third-order valence-electron chi connectivity index (χ3n) is 4.15. The molecule has 34 heavy (non-hydrogen) atoms. The molecule has 0 spiro atoms. The van der Waals surface area contributed by atoms with Crippen LogP contribution in [0.15, 0.2) is 0 Å². The SMILES string of the molecule is CCCCOCCOCCOCCOCCOCCOCCOCCN(C)C(=O)OC(C)(C)C. The van der Waals surface area contributed by atoms with E-state index in [9.17, 15) is 4.79 Å². The molecule has 0 aliphatic rings. The van der Waals surface area contributed by atoms with E-state index >= 15 is 0 Å². The van der Waals surface area contributed by atoms with Crippen LogP contribution in [0.3, 0.4) is 0 Å². The zero-order chi connectivity index (χ0) is 25.3. The van der Waals surface area contributed by atoms with Crippen LogP contribution >= 0.6 is 0 Å². The van der Waals surface area contributed by atoms with Crippen molar-refractivity contribution >= 4 is 6.09 Å². The maximum atomic E-state index is 11.8. The van der Waals surface area contributed by atoms with E-state index in [-0.39, 0.29) is 6.09 Å². The van der Waals surface area contributed by atoms with Gasteiger partial charge in [-0.15, -0.1) is 0 Å². The molecule has 0 aromatic rings. The maximum Gasteiger partial charge on any atom is 0.410 e. The first-order valence-corrected chi connectivity index (χ1v) is 12.3. The van der Waals surface area contributed by atoms with Crippen LogP contribution in [0.2, 0.25) is 0 Å². The van der Waals surface area contributed by atoms with Crippen LogP contribution in [0.5, 0.6) is 0 Å². The van der Waals surface area contributed by atoms with Crippen molar-refractivity contribution in [3.05, 3.63) is 0 Å². The molecular weight excluding hydrogens is 446 g/mol. The van der Waals surface area contributed by atoms with Gasteiger partial charge in [-0.2, -0.15) is 0 Å². The third kappa shape index (κ3) is 25.6. The van der Waals surface area contributed by atoms with Crippen molar-refractivity contribution in [3.63, 3.8) is 0 Å². The Labute approximate surface area is 206 Å². The quantitative estimate of drug-likeness (QED) is 0.187. The lowest BCUT2D eigenvalue weighted by Crippen LogP contribution is -2.36. The summed E-state index contributed by atoms with van der Waals surface area (Å²) in [6, 6.07) is 0. The smallest absolute Gasteiger partial charge is 0.410 e. The van der Waals surface area contributed by atoms with Gasteiger partial charge < -0.3 is 42.8 Å². The second-order valence-electron chi connectivity index (χ2n) is 8.54. The Morgan fingerprint density at radius 2 is 0.912 bits per heavy atom. The number of hydrogen-bond acceptors (Lipinski definition) is 9. The standard InChI is InChI=1S/C24H49NO9/c1-6-7-9-27-11-13-29-15-17-31-19-21-33-22-20-32-18-16-30-14-12-28-10-8-25(5)23(26)34-24(2,3)4/h6-22H2,1-5H3. The number of carbonyl (C=O) groups excluding carboxylic acids is 1. The van der Waals surface area contributed by atoms with Gasteiger partial charge in [-0.05, 0) is 27.2 Å². The Bertz CT molecular complexity index is 447. The maximum absolute atomic E-state index is 11.8. The van der Waals surface area contributed by atoms with Crippen LogP contribution in [-0.2, 0) is 37.9 Å². The summed E-state index contributed by atoms with van der Waals surface area (Å²) in [5, 5.41) is 0.